The van der Waals surface area contributed by atoms with Crippen molar-refractivity contribution < 1.29 is 0 Å². The van der Waals surface area contributed by atoms with Crippen LogP contribution >= 0.6 is 23.2 Å². The SMILES string of the molecule is CC(Cl)C(c1ccccc1)N(C)C.CC(Cl)C(c1ccccc1)N(C)C. The molecule has 144 valence electrons. The lowest BCUT2D eigenvalue weighted by molar-refractivity contribution is 0.296. The molecule has 2 aromatic carbocycles. The Bertz CT molecular complexity index is 527. The molecule has 2 aromatic rings. The van der Waals surface area contributed by atoms with Crippen molar-refractivity contribution in [2.45, 2.75) is 36.7 Å². The molecule has 2 nitrogen and oxygen atoms in total. The summed E-state index contributed by atoms with van der Waals surface area (Å²) in [5, 5.41) is 0.245. The molecule has 0 N–H and O–H groups in total. The lowest BCUT2D eigenvalue weighted by Gasteiger charge is -2.26. The summed E-state index contributed by atoms with van der Waals surface area (Å²) in [6, 6.07) is 21.3. The van der Waals surface area contributed by atoms with Crippen molar-refractivity contribution in [3.8, 4) is 0 Å². The molecule has 0 fully saturated rings. The Kier molecular flexibility index (Phi) is 10.3. The van der Waals surface area contributed by atoms with Crippen LogP contribution in [0, 0.1) is 0 Å². The summed E-state index contributed by atoms with van der Waals surface area (Å²) >= 11 is 12.3. The van der Waals surface area contributed by atoms with Crippen molar-refractivity contribution in [3.05, 3.63) is 71.8 Å². The molecule has 0 saturated carbocycles. The predicted molar refractivity (Wildman–Crippen MR) is 116 cm³/mol. The Morgan fingerprint density at radius 2 is 0.846 bits per heavy atom. The summed E-state index contributed by atoms with van der Waals surface area (Å²) < 4.78 is 0. The zero-order chi connectivity index (χ0) is 19.7. The van der Waals surface area contributed by atoms with Gasteiger partial charge >= 0.3 is 0 Å². The molecule has 0 aliphatic rings. The van der Waals surface area contributed by atoms with Gasteiger partial charge in [0.25, 0.3) is 0 Å². The van der Waals surface area contributed by atoms with Gasteiger partial charge in [0.05, 0.1) is 22.8 Å². The molecule has 0 aromatic heterocycles. The fourth-order valence-electron chi connectivity index (χ4n) is 3.25. The van der Waals surface area contributed by atoms with Crippen LogP contribution in [0.1, 0.15) is 37.1 Å². The van der Waals surface area contributed by atoms with Gasteiger partial charge < -0.3 is 9.80 Å². The topological polar surface area (TPSA) is 6.48 Å². The first-order valence-corrected chi connectivity index (χ1v) is 9.83. The third kappa shape index (κ3) is 7.28. The van der Waals surface area contributed by atoms with Gasteiger partial charge in [-0.1, -0.05) is 60.7 Å². The summed E-state index contributed by atoms with van der Waals surface area (Å²) in [5.41, 5.74) is 2.55. The number of hydrogen-bond acceptors (Lipinski definition) is 2. The van der Waals surface area contributed by atoms with Crippen LogP contribution in [0.15, 0.2) is 60.7 Å². The molecule has 0 amide bonds. The second-order valence-electron chi connectivity index (χ2n) is 6.99. The largest absolute Gasteiger partial charge is 0.301 e. The lowest BCUT2D eigenvalue weighted by atomic mass is 10.0. The zero-order valence-electron chi connectivity index (χ0n) is 16.7. The molecule has 4 heteroatoms. The molecule has 0 saturated heterocycles. The monoisotopic (exact) mass is 394 g/mol. The maximum atomic E-state index is 6.13. The maximum absolute atomic E-state index is 6.13. The standard InChI is InChI=1S/2C11H16ClN/c2*1-9(12)11(13(2)3)10-7-5-4-6-8-10/h2*4-9,11H,1-3H3. The molecule has 4 atom stereocenters. The van der Waals surface area contributed by atoms with Gasteiger partial charge in [0.15, 0.2) is 0 Å². The highest BCUT2D eigenvalue weighted by Gasteiger charge is 2.19. The van der Waals surface area contributed by atoms with Gasteiger partial charge in [-0.25, -0.2) is 0 Å². The van der Waals surface area contributed by atoms with Gasteiger partial charge in [-0.3, -0.25) is 0 Å². The summed E-state index contributed by atoms with van der Waals surface area (Å²) in [7, 11) is 8.21. The maximum Gasteiger partial charge on any atom is 0.0504 e. The molecule has 2 rings (SSSR count). The van der Waals surface area contributed by atoms with E-state index in [-0.39, 0.29) is 10.8 Å². The van der Waals surface area contributed by atoms with E-state index < -0.39 is 0 Å². The third-order valence-electron chi connectivity index (χ3n) is 4.27. The zero-order valence-corrected chi connectivity index (χ0v) is 18.2. The first-order valence-electron chi connectivity index (χ1n) is 8.96. The van der Waals surface area contributed by atoms with Crippen LogP contribution in [-0.2, 0) is 0 Å². The van der Waals surface area contributed by atoms with Crippen LogP contribution in [0.5, 0.6) is 0 Å². The summed E-state index contributed by atoms with van der Waals surface area (Å²) in [6.45, 7) is 4.05. The van der Waals surface area contributed by atoms with Crippen molar-refractivity contribution in [3.63, 3.8) is 0 Å². The molecule has 26 heavy (non-hydrogen) atoms. The van der Waals surface area contributed by atoms with E-state index in [1.807, 2.05) is 50.2 Å². The Hall–Kier alpha value is -1.06. The van der Waals surface area contributed by atoms with Gasteiger partial charge in [-0.2, -0.15) is 0 Å². The average Bonchev–Trinajstić information content (AvgIpc) is 2.56. The quantitative estimate of drug-likeness (QED) is 0.568. The van der Waals surface area contributed by atoms with E-state index in [4.69, 9.17) is 23.2 Å². The van der Waals surface area contributed by atoms with Crippen LogP contribution in [0.25, 0.3) is 0 Å². The minimum Gasteiger partial charge on any atom is -0.301 e. The number of hydrogen-bond donors (Lipinski definition) is 0. The molecule has 4 unspecified atom stereocenters. The molecule has 0 bridgehead atoms. The number of alkyl halides is 2. The number of benzene rings is 2. The Morgan fingerprint density at radius 3 is 1.04 bits per heavy atom. The molecule has 0 aliphatic heterocycles. The van der Waals surface area contributed by atoms with E-state index in [1.165, 1.54) is 11.1 Å². The predicted octanol–water partition coefficient (Wildman–Crippen LogP) is 5.83. The molecule has 0 radical (unpaired) electrons. The molecule has 0 spiro atoms. The van der Waals surface area contributed by atoms with E-state index in [0.29, 0.717) is 12.1 Å². The van der Waals surface area contributed by atoms with Crippen LogP contribution < -0.4 is 0 Å². The summed E-state index contributed by atoms with van der Waals surface area (Å²) in [5.74, 6) is 0. The molecule has 0 heterocycles. The van der Waals surface area contributed by atoms with Crippen molar-refractivity contribution >= 4 is 23.2 Å². The first-order chi connectivity index (χ1) is 12.3. The van der Waals surface area contributed by atoms with Crippen molar-refractivity contribution in [1.29, 1.82) is 0 Å². The van der Waals surface area contributed by atoms with Gasteiger partial charge in [0, 0.05) is 0 Å². The third-order valence-corrected chi connectivity index (χ3v) is 4.74. The van der Waals surface area contributed by atoms with Crippen LogP contribution in [0.3, 0.4) is 0 Å². The van der Waals surface area contributed by atoms with Crippen molar-refractivity contribution in [2.75, 3.05) is 28.2 Å². The van der Waals surface area contributed by atoms with Crippen molar-refractivity contribution in [2.24, 2.45) is 0 Å². The van der Waals surface area contributed by atoms with Crippen LogP contribution in [0.4, 0.5) is 0 Å². The van der Waals surface area contributed by atoms with Crippen molar-refractivity contribution in [1.82, 2.24) is 9.80 Å². The molecular weight excluding hydrogens is 363 g/mol. The van der Waals surface area contributed by atoms with Gasteiger partial charge in [-0.05, 0) is 53.2 Å². The van der Waals surface area contributed by atoms with E-state index in [9.17, 15) is 0 Å². The highest BCUT2D eigenvalue weighted by atomic mass is 35.5. The average molecular weight is 395 g/mol. The second-order valence-corrected chi connectivity index (χ2v) is 8.37. The summed E-state index contributed by atoms with van der Waals surface area (Å²) in [4.78, 5) is 4.29. The lowest BCUT2D eigenvalue weighted by Crippen LogP contribution is -2.26. The van der Waals surface area contributed by atoms with Crippen LogP contribution in [0.2, 0.25) is 0 Å². The smallest absolute Gasteiger partial charge is 0.0504 e. The number of rotatable bonds is 6. The van der Waals surface area contributed by atoms with E-state index in [2.05, 4.69) is 62.3 Å². The normalized spacial score (nSPS) is 15.8. The number of nitrogens with zero attached hydrogens (tertiary/aromatic N) is 2. The van der Waals surface area contributed by atoms with Gasteiger partial charge in [0.1, 0.15) is 0 Å². The second kappa shape index (κ2) is 11.6. The molecular formula is C22H32Cl2N2. The minimum atomic E-state index is 0.123. The Morgan fingerprint density at radius 1 is 0.577 bits per heavy atom. The fourth-order valence-corrected chi connectivity index (χ4v) is 3.99. The number of halogens is 2. The molecule has 0 aliphatic carbocycles. The van der Waals surface area contributed by atoms with E-state index in [0.717, 1.165) is 0 Å². The van der Waals surface area contributed by atoms with Crippen LogP contribution in [-0.4, -0.2) is 48.7 Å². The van der Waals surface area contributed by atoms with E-state index in [1.54, 1.807) is 0 Å². The fraction of sp³-hybridized carbons (Fsp3) is 0.455. The first kappa shape index (κ1) is 23.0. The highest BCUT2D eigenvalue weighted by molar-refractivity contribution is 6.21. The Labute approximate surface area is 169 Å². The van der Waals surface area contributed by atoms with Gasteiger partial charge in [-0.15, -0.1) is 23.2 Å². The minimum absolute atomic E-state index is 0.123. The van der Waals surface area contributed by atoms with E-state index >= 15 is 0 Å². The highest BCUT2D eigenvalue weighted by Crippen LogP contribution is 2.25. The summed E-state index contributed by atoms with van der Waals surface area (Å²) in [6.07, 6.45) is 0. The Balaban J connectivity index is 0.000000260. The van der Waals surface area contributed by atoms with Gasteiger partial charge in [0.2, 0.25) is 0 Å².